The molecular formula is C21H19N3O3. The molecule has 2 aromatic carbocycles. The van der Waals surface area contributed by atoms with Gasteiger partial charge >= 0.3 is 5.97 Å². The van der Waals surface area contributed by atoms with Crippen molar-refractivity contribution in [1.82, 2.24) is 14.8 Å². The number of ether oxygens (including phenoxy) is 1. The molecule has 0 saturated carbocycles. The van der Waals surface area contributed by atoms with Crippen LogP contribution in [0.2, 0.25) is 0 Å². The average molecular weight is 361 g/mol. The zero-order valence-corrected chi connectivity index (χ0v) is 14.8. The van der Waals surface area contributed by atoms with Crippen molar-refractivity contribution in [2.24, 2.45) is 0 Å². The molecule has 0 saturated heterocycles. The number of para-hydroxylation sites is 1. The van der Waals surface area contributed by atoms with E-state index in [1.165, 1.54) is 12.2 Å². The molecule has 0 atom stereocenters. The fourth-order valence-electron chi connectivity index (χ4n) is 2.48. The molecule has 6 heteroatoms. The summed E-state index contributed by atoms with van der Waals surface area (Å²) in [6.45, 7) is 1.95. The fraction of sp³-hybridized carbons (Fsp3) is 0.0952. The highest BCUT2D eigenvalue weighted by molar-refractivity contribution is 5.98. The Morgan fingerprint density at radius 3 is 2.44 bits per heavy atom. The molecule has 0 aliphatic carbocycles. The summed E-state index contributed by atoms with van der Waals surface area (Å²) < 4.78 is 6.86. The Balaban J connectivity index is 2.02. The van der Waals surface area contributed by atoms with Gasteiger partial charge in [0.25, 0.3) is 0 Å². The van der Waals surface area contributed by atoms with Crippen molar-refractivity contribution < 1.29 is 14.6 Å². The van der Waals surface area contributed by atoms with Crippen LogP contribution in [0.1, 0.15) is 18.3 Å². The SMILES string of the molecule is CCOC(=O)C(=C\c1nncn1-c1ccccc1)/C=C(/O)c1ccccc1. The predicted octanol–water partition coefficient (Wildman–Crippen LogP) is 3.81. The molecule has 1 aromatic heterocycles. The average Bonchev–Trinajstić information content (AvgIpc) is 3.17. The van der Waals surface area contributed by atoms with E-state index < -0.39 is 5.97 Å². The molecule has 0 bridgehead atoms. The number of nitrogens with zero attached hydrogens (tertiary/aromatic N) is 3. The van der Waals surface area contributed by atoms with Gasteiger partial charge in [0.2, 0.25) is 0 Å². The van der Waals surface area contributed by atoms with E-state index in [0.717, 1.165) is 5.69 Å². The van der Waals surface area contributed by atoms with Crippen molar-refractivity contribution in [2.75, 3.05) is 6.61 Å². The monoisotopic (exact) mass is 361 g/mol. The maximum Gasteiger partial charge on any atom is 0.338 e. The molecule has 0 aliphatic rings. The Kier molecular flexibility index (Phi) is 5.79. The highest BCUT2D eigenvalue weighted by Crippen LogP contribution is 2.18. The largest absolute Gasteiger partial charge is 0.507 e. The second-order valence-electron chi connectivity index (χ2n) is 5.61. The maximum atomic E-state index is 12.4. The molecule has 3 rings (SSSR count). The van der Waals surface area contributed by atoms with Crippen LogP contribution in [0.5, 0.6) is 0 Å². The van der Waals surface area contributed by atoms with Crippen LogP contribution in [-0.2, 0) is 9.53 Å². The van der Waals surface area contributed by atoms with Crippen molar-refractivity contribution in [3.05, 3.63) is 90.0 Å². The third kappa shape index (κ3) is 4.49. The van der Waals surface area contributed by atoms with Crippen molar-refractivity contribution in [2.45, 2.75) is 6.92 Å². The maximum absolute atomic E-state index is 12.4. The molecule has 0 radical (unpaired) electrons. The summed E-state index contributed by atoms with van der Waals surface area (Å²) in [6, 6.07) is 18.5. The quantitative estimate of drug-likeness (QED) is 0.313. The Bertz CT molecular complexity index is 961. The predicted molar refractivity (Wildman–Crippen MR) is 103 cm³/mol. The Hall–Kier alpha value is -3.67. The van der Waals surface area contributed by atoms with Gasteiger partial charge in [0.15, 0.2) is 5.82 Å². The van der Waals surface area contributed by atoms with Gasteiger partial charge in [-0.25, -0.2) is 4.79 Å². The molecule has 1 heterocycles. The first-order chi connectivity index (χ1) is 13.2. The molecule has 3 aromatic rings. The highest BCUT2D eigenvalue weighted by atomic mass is 16.5. The molecule has 27 heavy (non-hydrogen) atoms. The fourth-order valence-corrected chi connectivity index (χ4v) is 2.48. The van der Waals surface area contributed by atoms with E-state index in [-0.39, 0.29) is 17.9 Å². The zero-order chi connectivity index (χ0) is 19.1. The van der Waals surface area contributed by atoms with E-state index >= 15 is 0 Å². The summed E-state index contributed by atoms with van der Waals surface area (Å²) in [6.07, 6.45) is 4.47. The van der Waals surface area contributed by atoms with Crippen LogP contribution in [0.3, 0.4) is 0 Å². The van der Waals surface area contributed by atoms with Gasteiger partial charge in [-0.1, -0.05) is 48.5 Å². The van der Waals surface area contributed by atoms with E-state index in [1.807, 2.05) is 36.4 Å². The van der Waals surface area contributed by atoms with Crippen LogP contribution in [-0.4, -0.2) is 32.4 Å². The highest BCUT2D eigenvalue weighted by Gasteiger charge is 2.13. The minimum atomic E-state index is -0.553. The lowest BCUT2D eigenvalue weighted by atomic mass is 10.1. The molecule has 0 unspecified atom stereocenters. The normalized spacial score (nSPS) is 12.0. The van der Waals surface area contributed by atoms with Crippen LogP contribution in [0.4, 0.5) is 0 Å². The van der Waals surface area contributed by atoms with Gasteiger partial charge in [0.1, 0.15) is 12.1 Å². The number of benzene rings is 2. The first-order valence-corrected chi connectivity index (χ1v) is 8.49. The van der Waals surface area contributed by atoms with Gasteiger partial charge in [-0.2, -0.15) is 0 Å². The van der Waals surface area contributed by atoms with Gasteiger partial charge in [-0.05, 0) is 31.2 Å². The van der Waals surface area contributed by atoms with Crippen LogP contribution < -0.4 is 0 Å². The lowest BCUT2D eigenvalue weighted by molar-refractivity contribution is -0.138. The minimum Gasteiger partial charge on any atom is -0.507 e. The standard InChI is InChI=1S/C21H19N3O3/c1-2-27-21(26)17(13-19(25)16-9-5-3-6-10-16)14-20-23-22-15-24(20)18-11-7-4-8-12-18/h3-15,25H,2H2,1H3/b17-14-,19-13+. The van der Waals surface area contributed by atoms with E-state index in [0.29, 0.717) is 11.4 Å². The number of rotatable bonds is 6. The summed E-state index contributed by atoms with van der Waals surface area (Å²) in [5.41, 5.74) is 1.62. The van der Waals surface area contributed by atoms with Crippen LogP contribution in [0.15, 0.2) is 78.6 Å². The second kappa shape index (κ2) is 8.62. The Morgan fingerprint density at radius 1 is 1.11 bits per heavy atom. The smallest absolute Gasteiger partial charge is 0.338 e. The van der Waals surface area contributed by atoms with Crippen molar-refractivity contribution in [3.8, 4) is 5.69 Å². The molecular weight excluding hydrogens is 342 g/mol. The van der Waals surface area contributed by atoms with E-state index in [1.54, 1.807) is 42.1 Å². The van der Waals surface area contributed by atoms with Gasteiger partial charge in [0.05, 0.1) is 12.2 Å². The number of aromatic nitrogens is 3. The molecule has 0 fully saturated rings. The number of hydrogen-bond donors (Lipinski definition) is 1. The number of carbonyl (C=O) groups excluding carboxylic acids is 1. The summed E-state index contributed by atoms with van der Waals surface area (Å²) in [5, 5.41) is 18.4. The van der Waals surface area contributed by atoms with E-state index in [9.17, 15) is 9.90 Å². The number of aliphatic hydroxyl groups excluding tert-OH is 1. The molecule has 0 spiro atoms. The topological polar surface area (TPSA) is 77.2 Å². The number of aliphatic hydroxyl groups is 1. The number of hydrogen-bond acceptors (Lipinski definition) is 5. The van der Waals surface area contributed by atoms with Gasteiger partial charge < -0.3 is 9.84 Å². The van der Waals surface area contributed by atoms with E-state index in [2.05, 4.69) is 10.2 Å². The molecule has 0 amide bonds. The molecule has 1 N–H and O–H groups in total. The minimum absolute atomic E-state index is 0.0410. The first-order valence-electron chi connectivity index (χ1n) is 8.49. The molecule has 0 aliphatic heterocycles. The van der Waals surface area contributed by atoms with Crippen LogP contribution in [0, 0.1) is 0 Å². The van der Waals surface area contributed by atoms with Gasteiger partial charge in [0, 0.05) is 11.3 Å². The van der Waals surface area contributed by atoms with E-state index in [4.69, 9.17) is 4.74 Å². The van der Waals surface area contributed by atoms with Crippen molar-refractivity contribution >= 4 is 17.8 Å². The second-order valence-corrected chi connectivity index (χ2v) is 5.61. The van der Waals surface area contributed by atoms with Gasteiger partial charge in [-0.15, -0.1) is 10.2 Å². The molecule has 136 valence electrons. The van der Waals surface area contributed by atoms with Crippen molar-refractivity contribution in [3.63, 3.8) is 0 Å². The summed E-state index contributed by atoms with van der Waals surface area (Å²) in [5.74, 6) is -0.148. The number of carbonyl (C=O) groups is 1. The van der Waals surface area contributed by atoms with Gasteiger partial charge in [-0.3, -0.25) is 4.57 Å². The van der Waals surface area contributed by atoms with Crippen molar-refractivity contribution in [1.29, 1.82) is 0 Å². The number of esters is 1. The molecule has 6 nitrogen and oxygen atoms in total. The third-order valence-electron chi connectivity index (χ3n) is 3.77. The Morgan fingerprint density at radius 2 is 1.78 bits per heavy atom. The zero-order valence-electron chi connectivity index (χ0n) is 14.8. The lowest BCUT2D eigenvalue weighted by Gasteiger charge is -2.07. The van der Waals surface area contributed by atoms with Crippen LogP contribution >= 0.6 is 0 Å². The van der Waals surface area contributed by atoms with Crippen LogP contribution in [0.25, 0.3) is 17.5 Å². The summed E-state index contributed by atoms with van der Waals surface area (Å²) >= 11 is 0. The Labute approximate surface area is 157 Å². The lowest BCUT2D eigenvalue weighted by Crippen LogP contribution is -2.07. The summed E-state index contributed by atoms with van der Waals surface area (Å²) in [7, 11) is 0. The summed E-state index contributed by atoms with van der Waals surface area (Å²) in [4.78, 5) is 12.4. The third-order valence-corrected chi connectivity index (χ3v) is 3.77. The first kappa shape index (κ1) is 18.1.